The fourth-order valence-corrected chi connectivity index (χ4v) is 12.3. The van der Waals surface area contributed by atoms with Gasteiger partial charge in [-0.15, -0.1) is 32.9 Å². The molecule has 7 aromatic rings. The molecule has 10 rings (SSSR count). The van der Waals surface area contributed by atoms with Crippen molar-refractivity contribution < 1.29 is 19.1 Å². The molecule has 372 valence electrons. The van der Waals surface area contributed by atoms with Crippen LogP contribution in [0.2, 0.25) is 5.02 Å². The average Bonchev–Trinajstić information content (AvgIpc) is 4.19. The third-order valence-corrected chi connectivity index (χ3v) is 16.6. The molecule has 3 amide bonds. The van der Waals surface area contributed by atoms with E-state index < -0.39 is 18.1 Å². The van der Waals surface area contributed by atoms with Crippen molar-refractivity contribution in [1.29, 1.82) is 0 Å². The Balaban J connectivity index is 0.762. The minimum atomic E-state index is -0.634. The van der Waals surface area contributed by atoms with Crippen LogP contribution in [-0.2, 0) is 14.4 Å². The summed E-state index contributed by atoms with van der Waals surface area (Å²) in [5, 5.41) is 21.7. The van der Waals surface area contributed by atoms with E-state index in [1.807, 2.05) is 94.9 Å². The summed E-state index contributed by atoms with van der Waals surface area (Å²) >= 11 is 9.58. The van der Waals surface area contributed by atoms with Gasteiger partial charge in [0, 0.05) is 70.5 Å². The molecule has 1 saturated carbocycles. The number of nitrogens with zero attached hydrogens (tertiary/aromatic N) is 9. The second kappa shape index (κ2) is 20.2. The molecule has 2 fully saturated rings. The van der Waals surface area contributed by atoms with Gasteiger partial charge in [-0.1, -0.05) is 68.8 Å². The lowest BCUT2D eigenvalue weighted by molar-refractivity contribution is -0.142. The lowest BCUT2D eigenvalue weighted by Crippen LogP contribution is -2.49. The number of carbonyl (C=O) groups is 3. The van der Waals surface area contributed by atoms with E-state index in [-0.39, 0.29) is 54.2 Å². The van der Waals surface area contributed by atoms with Crippen molar-refractivity contribution in [2.75, 3.05) is 6.54 Å². The fraction of sp³-hybridized carbons (Fsp3) is 0.389. The smallest absolute Gasteiger partial charge is 0.248 e. The van der Waals surface area contributed by atoms with E-state index in [4.69, 9.17) is 26.4 Å². The highest BCUT2D eigenvalue weighted by atomic mass is 35.5. The second-order valence-corrected chi connectivity index (χ2v) is 22.3. The number of fused-ring (bicyclic) bond motifs is 3. The molecule has 72 heavy (non-hydrogen) atoms. The van der Waals surface area contributed by atoms with Crippen molar-refractivity contribution in [2.24, 2.45) is 16.8 Å². The Labute approximate surface area is 432 Å². The Morgan fingerprint density at radius 1 is 0.917 bits per heavy atom. The molecule has 5 atom stereocenters. The van der Waals surface area contributed by atoms with Crippen LogP contribution < -0.4 is 15.4 Å². The zero-order chi connectivity index (χ0) is 50.5. The molecule has 5 aromatic heterocycles. The fourth-order valence-electron chi connectivity index (χ4n) is 10.1. The van der Waals surface area contributed by atoms with Crippen molar-refractivity contribution in [2.45, 2.75) is 117 Å². The number of likely N-dealkylation sites (tertiary alicyclic amines) is 1. The second-order valence-electron chi connectivity index (χ2n) is 19.8. The number of amides is 3. The number of nitrogens with one attached hydrogen (secondary N) is 2. The summed E-state index contributed by atoms with van der Waals surface area (Å²) in [7, 11) is 0. The van der Waals surface area contributed by atoms with Gasteiger partial charge >= 0.3 is 0 Å². The van der Waals surface area contributed by atoms with Gasteiger partial charge in [0.2, 0.25) is 17.7 Å². The van der Waals surface area contributed by atoms with Crippen LogP contribution in [0.4, 0.5) is 0 Å². The molecule has 1 aliphatic carbocycles. The van der Waals surface area contributed by atoms with Gasteiger partial charge in [-0.25, -0.2) is 4.98 Å². The number of benzene rings is 2. The minimum absolute atomic E-state index is 0.0616. The SMILES string of the molecule is Cc1ncsc1-c1ccc([C@H](C)NC(=O)[C@@H]2C[C@@H](C)CN2C(=O)[C@@H](C(C)C)n2cc(-c3cc(O[C@H]4C[C@@H](NC(=O)C[C@@H]5N=C(c6ccc(Cl)cc6)c6c(sc(C)c6C)-n6c(C)nnc65)C4)ccn3)cn2)cc1. The largest absolute Gasteiger partial charge is 0.490 e. The van der Waals surface area contributed by atoms with E-state index in [9.17, 15) is 14.4 Å². The number of thiophene rings is 1. The Kier molecular flexibility index (Phi) is 13.7. The summed E-state index contributed by atoms with van der Waals surface area (Å²) in [4.78, 5) is 60.6. The molecule has 1 saturated heterocycles. The number of hydrogen-bond donors (Lipinski definition) is 2. The standard InChI is InChI=1S/C54H58ClN11O4S2/c1-28(2)49(53(69)64-25-29(3)19-45(64)52(68)59-31(5)35-9-11-37(12-10-35)50-32(6)57-27-71-50)65-26-38(24-58-65)43-22-41(17-18-56-43)70-42-20-40(21-42)60-46(67)23-44-51-63-62-34(8)66(51)54-47(30(4)33(7)72-54)48(61-44)36-13-15-39(55)16-14-36/h9-18,22,24,26-29,31,40,42,44-45,49H,19-21,23,25H2,1-8H3,(H,59,68)(H,60,67)/t29-,31+,40-,42+,44+,45+,49-/m1/s1. The number of carbonyl (C=O) groups excluding carboxylic acids is 3. The first-order chi connectivity index (χ1) is 34.6. The predicted octanol–water partition coefficient (Wildman–Crippen LogP) is 9.92. The summed E-state index contributed by atoms with van der Waals surface area (Å²) < 4.78 is 10.2. The van der Waals surface area contributed by atoms with Crippen molar-refractivity contribution in [3.8, 4) is 32.4 Å². The predicted molar refractivity (Wildman–Crippen MR) is 281 cm³/mol. The van der Waals surface area contributed by atoms with Crippen molar-refractivity contribution in [3.05, 3.63) is 134 Å². The van der Waals surface area contributed by atoms with E-state index in [0.29, 0.717) is 48.1 Å². The summed E-state index contributed by atoms with van der Waals surface area (Å²) in [6, 6.07) is 17.5. The van der Waals surface area contributed by atoms with E-state index in [0.717, 1.165) is 60.5 Å². The van der Waals surface area contributed by atoms with Gasteiger partial charge in [0.1, 0.15) is 40.8 Å². The third kappa shape index (κ3) is 9.73. The number of rotatable bonds is 14. The molecule has 2 N–H and O–H groups in total. The van der Waals surface area contributed by atoms with Gasteiger partial charge in [-0.3, -0.25) is 33.6 Å². The van der Waals surface area contributed by atoms with E-state index in [1.165, 1.54) is 4.88 Å². The lowest BCUT2D eigenvalue weighted by Gasteiger charge is -2.36. The monoisotopic (exact) mass is 1020 g/mol. The zero-order valence-electron chi connectivity index (χ0n) is 41.6. The summed E-state index contributed by atoms with van der Waals surface area (Å²) in [6.07, 6.45) is 7.12. The molecular weight excluding hydrogens is 966 g/mol. The molecule has 0 spiro atoms. The summed E-state index contributed by atoms with van der Waals surface area (Å²) in [5.41, 5.74) is 10.2. The van der Waals surface area contributed by atoms with Crippen LogP contribution in [-0.4, -0.2) is 87.6 Å². The quantitative estimate of drug-likeness (QED) is 0.107. The summed E-state index contributed by atoms with van der Waals surface area (Å²) in [6.45, 7) is 16.7. The molecular formula is C54H58ClN11O4S2. The Bertz CT molecular complexity index is 3190. The third-order valence-electron chi connectivity index (χ3n) is 14.2. The van der Waals surface area contributed by atoms with Gasteiger partial charge in [0.15, 0.2) is 5.82 Å². The van der Waals surface area contributed by atoms with Crippen LogP contribution in [0.15, 0.2) is 89.8 Å². The maximum atomic E-state index is 14.5. The van der Waals surface area contributed by atoms with Crippen LogP contribution in [0.1, 0.15) is 116 Å². The van der Waals surface area contributed by atoms with Gasteiger partial charge in [-0.05, 0) is 87.8 Å². The highest BCUT2D eigenvalue weighted by Gasteiger charge is 2.42. The van der Waals surface area contributed by atoms with Crippen LogP contribution in [0.3, 0.4) is 0 Å². The van der Waals surface area contributed by atoms with Gasteiger partial charge in [0.05, 0.1) is 46.1 Å². The van der Waals surface area contributed by atoms with Crippen LogP contribution >= 0.6 is 34.3 Å². The molecule has 7 heterocycles. The van der Waals surface area contributed by atoms with Crippen molar-refractivity contribution in [3.63, 3.8) is 0 Å². The molecule has 2 aliphatic heterocycles. The van der Waals surface area contributed by atoms with Crippen LogP contribution in [0.5, 0.6) is 5.75 Å². The molecule has 3 aliphatic rings. The van der Waals surface area contributed by atoms with Crippen LogP contribution in [0, 0.1) is 39.5 Å². The number of pyridine rings is 1. The minimum Gasteiger partial charge on any atom is -0.490 e. The van der Waals surface area contributed by atoms with Gasteiger partial charge in [-0.2, -0.15) is 5.10 Å². The van der Waals surface area contributed by atoms with Gasteiger partial charge in [0.25, 0.3) is 0 Å². The maximum absolute atomic E-state index is 14.5. The first-order valence-electron chi connectivity index (χ1n) is 24.5. The molecule has 15 nitrogen and oxygen atoms in total. The number of thiazole rings is 1. The molecule has 0 unspecified atom stereocenters. The first kappa shape index (κ1) is 49.0. The highest BCUT2D eigenvalue weighted by Crippen LogP contribution is 2.40. The maximum Gasteiger partial charge on any atom is 0.248 e. The van der Waals surface area contributed by atoms with E-state index in [1.54, 1.807) is 44.6 Å². The normalized spacial score (nSPS) is 20.2. The van der Waals surface area contributed by atoms with Crippen molar-refractivity contribution in [1.82, 2.24) is 50.0 Å². The number of aryl methyl sites for hydroxylation is 3. The number of hydrogen-bond acceptors (Lipinski definition) is 12. The molecule has 18 heteroatoms. The Morgan fingerprint density at radius 2 is 1.67 bits per heavy atom. The van der Waals surface area contributed by atoms with Crippen LogP contribution in [0.25, 0.3) is 26.7 Å². The van der Waals surface area contributed by atoms with E-state index in [2.05, 4.69) is 68.3 Å². The summed E-state index contributed by atoms with van der Waals surface area (Å²) in [5.74, 6) is 1.65. The number of ether oxygens (including phenoxy) is 1. The Hall–Kier alpha value is -6.56. The van der Waals surface area contributed by atoms with Crippen molar-refractivity contribution >= 4 is 57.7 Å². The number of aliphatic imine (C=N–C) groups is 1. The highest BCUT2D eigenvalue weighted by molar-refractivity contribution is 7.15. The van der Waals surface area contributed by atoms with Gasteiger partial charge < -0.3 is 20.3 Å². The average molecular weight is 1020 g/mol. The lowest BCUT2D eigenvalue weighted by atomic mass is 9.89. The molecule has 0 bridgehead atoms. The zero-order valence-corrected chi connectivity index (χ0v) is 44.0. The first-order valence-corrected chi connectivity index (χ1v) is 26.6. The Morgan fingerprint density at radius 3 is 2.39 bits per heavy atom. The topological polar surface area (TPSA) is 174 Å². The number of halogens is 1. The van der Waals surface area contributed by atoms with E-state index >= 15 is 0 Å². The molecule has 0 radical (unpaired) electrons. The molecule has 2 aromatic carbocycles. The number of aromatic nitrogens is 7.